The molecule has 5 N–H and O–H groups in total. The number of carbonyl (C=O) groups is 4. The maximum Gasteiger partial charge on any atom is 0.407 e. The van der Waals surface area contributed by atoms with Crippen LogP contribution in [0.1, 0.15) is 102 Å². The summed E-state index contributed by atoms with van der Waals surface area (Å²) in [6, 6.07) is 19.8. The molecule has 8 rings (SSSR count). The fraction of sp³-hybridized carbons (Fsp3) is 0.458. The highest BCUT2D eigenvalue weighted by Crippen LogP contribution is 2.41. The third kappa shape index (κ3) is 8.38. The first kappa shape index (κ1) is 42.5. The molecule has 2 aromatic heterocycles. The van der Waals surface area contributed by atoms with Gasteiger partial charge in [0.05, 0.1) is 42.5 Å². The molecule has 3 aliphatic rings. The molecule has 0 bridgehead atoms. The van der Waals surface area contributed by atoms with Gasteiger partial charge in [0.2, 0.25) is 11.8 Å². The van der Waals surface area contributed by atoms with Crippen molar-refractivity contribution in [2.45, 2.75) is 109 Å². The zero-order chi connectivity index (χ0) is 43.7. The van der Waals surface area contributed by atoms with Crippen LogP contribution < -0.4 is 16.0 Å². The Hall–Kier alpha value is -6.18. The van der Waals surface area contributed by atoms with E-state index in [4.69, 9.17) is 19.4 Å². The number of aromatic nitrogens is 4. The molecule has 2 fully saturated rings. The van der Waals surface area contributed by atoms with E-state index in [0.29, 0.717) is 6.54 Å². The normalized spacial score (nSPS) is 17.9. The summed E-state index contributed by atoms with van der Waals surface area (Å²) in [5.41, 5.74) is 9.84. The zero-order valence-electron chi connectivity index (χ0n) is 36.5. The van der Waals surface area contributed by atoms with Crippen molar-refractivity contribution in [1.29, 1.82) is 0 Å². The van der Waals surface area contributed by atoms with Gasteiger partial charge in [0.15, 0.2) is 0 Å². The van der Waals surface area contributed by atoms with Crippen molar-refractivity contribution in [3.63, 3.8) is 0 Å². The molecule has 5 aromatic rings. The monoisotopic (exact) mass is 842 g/mol. The second-order valence-electron chi connectivity index (χ2n) is 17.8. The Balaban J connectivity index is 0.987. The number of amides is 4. The van der Waals surface area contributed by atoms with E-state index in [0.717, 1.165) is 120 Å². The van der Waals surface area contributed by atoms with Gasteiger partial charge in [-0.05, 0) is 90.3 Å². The summed E-state index contributed by atoms with van der Waals surface area (Å²) >= 11 is 0. The van der Waals surface area contributed by atoms with Gasteiger partial charge >= 0.3 is 12.2 Å². The smallest absolute Gasteiger partial charge is 0.407 e. The number of benzene rings is 3. The molecule has 1 saturated carbocycles. The van der Waals surface area contributed by atoms with Gasteiger partial charge in [-0.2, -0.15) is 0 Å². The van der Waals surface area contributed by atoms with Crippen molar-refractivity contribution in [1.82, 2.24) is 40.8 Å². The highest BCUT2D eigenvalue weighted by Gasteiger charge is 2.42. The van der Waals surface area contributed by atoms with Gasteiger partial charge in [-0.25, -0.2) is 19.6 Å². The number of ether oxygens (including phenoxy) is 2. The number of fused-ring (bicyclic) bond motifs is 4. The Labute approximate surface area is 362 Å². The van der Waals surface area contributed by atoms with Crippen LogP contribution in [-0.2, 0) is 37.4 Å². The Morgan fingerprint density at radius 2 is 1.37 bits per heavy atom. The van der Waals surface area contributed by atoms with Crippen molar-refractivity contribution in [2.75, 3.05) is 20.8 Å². The van der Waals surface area contributed by atoms with E-state index in [1.807, 2.05) is 38.7 Å². The number of H-pyrrole nitrogens is 2. The molecule has 0 spiro atoms. The number of aryl methyl sites for hydroxylation is 2. The molecule has 4 amide bonds. The van der Waals surface area contributed by atoms with Crippen LogP contribution >= 0.6 is 0 Å². The van der Waals surface area contributed by atoms with Crippen LogP contribution in [0.25, 0.3) is 44.5 Å². The minimum atomic E-state index is -0.732. The topological polar surface area (TPSA) is 183 Å². The highest BCUT2D eigenvalue weighted by atomic mass is 16.5. The Morgan fingerprint density at radius 3 is 2.03 bits per heavy atom. The number of imidazole rings is 2. The van der Waals surface area contributed by atoms with Gasteiger partial charge in [0.25, 0.3) is 0 Å². The molecule has 14 nitrogen and oxygen atoms in total. The number of aromatic amines is 2. The van der Waals surface area contributed by atoms with E-state index in [1.54, 1.807) is 0 Å². The largest absolute Gasteiger partial charge is 0.453 e. The number of likely N-dealkylation sites (tertiary alicyclic amines) is 1. The average molecular weight is 843 g/mol. The van der Waals surface area contributed by atoms with E-state index in [1.165, 1.54) is 19.8 Å². The number of hydrogen-bond acceptors (Lipinski definition) is 8. The standard InChI is InChI=1S/C48H58N8O6/c1-27(2)39(53-46(59)61-5)43(57)55-48(22-8-7-9-23-48)45-51-36-21-18-33-25-31(16-19-34(33)41(36)52-45)29-12-14-30(15-13-29)32-17-20-35-37(26-32)50-42(49-35)38-11-10-24-56(38)44(58)40(28(3)4)54-47(60)62-6/h12-17,19-20,25-28,38-40H,7-11,18,21-24H2,1-6H3,(H,49,50)(H,51,52)(H,53,59)(H,54,60)(H,55,57)/t38-,39-,40-/m0/s1. The van der Waals surface area contributed by atoms with Crippen LogP contribution in [0.4, 0.5) is 9.59 Å². The SMILES string of the molecule is COC(=O)N[C@H](C(=O)NC1(c2nc3c([nH]2)CCc2cc(-c4ccc(-c5ccc6nc([C@@H]7CCCN7C(=O)[C@@H](NC(=O)OC)C(C)C)[nH]c6c5)cc4)ccc2-3)CCCCC1)C(C)C. The number of nitrogens with zero attached hydrogens (tertiary/aromatic N) is 3. The molecule has 1 saturated heterocycles. The molecule has 2 aliphatic carbocycles. The predicted octanol–water partition coefficient (Wildman–Crippen LogP) is 8.09. The summed E-state index contributed by atoms with van der Waals surface area (Å²) in [7, 11) is 2.60. The van der Waals surface area contributed by atoms with Crippen LogP contribution in [-0.4, -0.2) is 81.7 Å². The highest BCUT2D eigenvalue weighted by molar-refractivity contribution is 5.88. The summed E-state index contributed by atoms with van der Waals surface area (Å²) in [4.78, 5) is 70.7. The van der Waals surface area contributed by atoms with Gasteiger partial charge in [-0.3, -0.25) is 9.59 Å². The molecule has 3 atom stereocenters. The molecule has 62 heavy (non-hydrogen) atoms. The summed E-state index contributed by atoms with van der Waals surface area (Å²) in [5.74, 6) is 0.929. The Kier molecular flexibility index (Phi) is 12.1. The lowest BCUT2D eigenvalue weighted by Crippen LogP contribution is -2.56. The number of rotatable bonds is 11. The molecule has 1 aliphatic heterocycles. The molecule has 0 radical (unpaired) electrons. The molecular formula is C48H58N8O6. The second kappa shape index (κ2) is 17.7. The van der Waals surface area contributed by atoms with Gasteiger partial charge < -0.3 is 40.3 Å². The summed E-state index contributed by atoms with van der Waals surface area (Å²) in [6.45, 7) is 8.24. The minimum absolute atomic E-state index is 0.106. The second-order valence-corrected chi connectivity index (χ2v) is 17.8. The first-order chi connectivity index (χ1) is 29.9. The van der Waals surface area contributed by atoms with Crippen molar-refractivity contribution in [3.05, 3.63) is 83.6 Å². The van der Waals surface area contributed by atoms with E-state index in [2.05, 4.69) is 80.5 Å². The van der Waals surface area contributed by atoms with E-state index < -0.39 is 29.8 Å². The van der Waals surface area contributed by atoms with Gasteiger partial charge in [-0.1, -0.05) is 95.5 Å². The lowest BCUT2D eigenvalue weighted by atomic mass is 9.80. The van der Waals surface area contributed by atoms with E-state index in [-0.39, 0.29) is 29.7 Å². The fourth-order valence-corrected chi connectivity index (χ4v) is 9.54. The van der Waals surface area contributed by atoms with Crippen LogP contribution in [0.3, 0.4) is 0 Å². The van der Waals surface area contributed by atoms with Gasteiger partial charge in [0, 0.05) is 17.8 Å². The number of nitrogens with one attached hydrogen (secondary N) is 5. The zero-order valence-corrected chi connectivity index (χ0v) is 36.5. The first-order valence-electron chi connectivity index (χ1n) is 22.0. The van der Waals surface area contributed by atoms with E-state index in [9.17, 15) is 19.2 Å². The van der Waals surface area contributed by atoms with Crippen molar-refractivity contribution in [3.8, 4) is 33.5 Å². The predicted molar refractivity (Wildman–Crippen MR) is 237 cm³/mol. The summed E-state index contributed by atoms with van der Waals surface area (Å²) in [6.07, 6.45) is 6.66. The van der Waals surface area contributed by atoms with Crippen molar-refractivity contribution in [2.24, 2.45) is 11.8 Å². The van der Waals surface area contributed by atoms with Crippen LogP contribution in [0.15, 0.2) is 60.7 Å². The molecule has 326 valence electrons. The summed E-state index contributed by atoms with van der Waals surface area (Å²) in [5, 5.41) is 8.78. The molecular weight excluding hydrogens is 785 g/mol. The number of hydrogen-bond donors (Lipinski definition) is 5. The number of carbonyl (C=O) groups excluding carboxylic acids is 4. The van der Waals surface area contributed by atoms with E-state index >= 15 is 0 Å². The molecule has 14 heteroatoms. The molecule has 3 aromatic carbocycles. The van der Waals surface area contributed by atoms with Crippen molar-refractivity contribution >= 4 is 35.0 Å². The van der Waals surface area contributed by atoms with Crippen molar-refractivity contribution < 1.29 is 28.7 Å². The van der Waals surface area contributed by atoms with Crippen LogP contribution in [0.2, 0.25) is 0 Å². The van der Waals surface area contributed by atoms with Gasteiger partial charge in [-0.15, -0.1) is 0 Å². The average Bonchev–Trinajstić information content (AvgIpc) is 4.06. The lowest BCUT2D eigenvalue weighted by Gasteiger charge is -2.38. The van der Waals surface area contributed by atoms with Gasteiger partial charge in [0.1, 0.15) is 23.7 Å². The maximum absolute atomic E-state index is 13.7. The van der Waals surface area contributed by atoms with Crippen LogP contribution in [0, 0.1) is 11.8 Å². The lowest BCUT2D eigenvalue weighted by molar-refractivity contribution is -0.135. The maximum atomic E-state index is 13.7. The minimum Gasteiger partial charge on any atom is -0.453 e. The Bertz CT molecular complexity index is 2460. The number of alkyl carbamates (subject to hydrolysis) is 2. The quantitative estimate of drug-likeness (QED) is 0.0884. The fourth-order valence-electron chi connectivity index (χ4n) is 9.54. The first-order valence-corrected chi connectivity index (χ1v) is 22.0. The summed E-state index contributed by atoms with van der Waals surface area (Å²) < 4.78 is 9.60. The Morgan fingerprint density at radius 1 is 0.742 bits per heavy atom. The number of methoxy groups -OCH3 is 2. The molecule has 3 heterocycles. The third-order valence-electron chi connectivity index (χ3n) is 13.0. The van der Waals surface area contributed by atoms with Crippen LogP contribution in [0.5, 0.6) is 0 Å². The third-order valence-corrected chi connectivity index (χ3v) is 13.0. The molecule has 0 unspecified atom stereocenters.